The van der Waals surface area contributed by atoms with E-state index in [0.717, 1.165) is 18.8 Å². The van der Waals surface area contributed by atoms with Crippen molar-refractivity contribution in [3.05, 3.63) is 35.5 Å². The third-order valence-electron chi connectivity index (χ3n) is 4.68. The number of nitrogens with one attached hydrogen (secondary N) is 1. The van der Waals surface area contributed by atoms with Gasteiger partial charge in [0.05, 0.1) is 31.6 Å². The number of nitrogens with zero attached hydrogens (tertiary/aromatic N) is 3. The smallest absolute Gasteiger partial charge is 0.340 e. The monoisotopic (exact) mass is 402 g/mol. The van der Waals surface area contributed by atoms with Crippen LogP contribution in [-0.4, -0.2) is 55.4 Å². The topological polar surface area (TPSA) is 107 Å². The number of methoxy groups -OCH3 is 1. The molecule has 0 bridgehead atoms. The van der Waals surface area contributed by atoms with E-state index in [4.69, 9.17) is 14.0 Å². The summed E-state index contributed by atoms with van der Waals surface area (Å²) in [6.07, 6.45) is 2.08. The fraction of sp³-hybridized carbons (Fsp3) is 0.500. The first-order valence-electron chi connectivity index (χ1n) is 9.77. The maximum Gasteiger partial charge on any atom is 0.340 e. The average molecular weight is 402 g/mol. The van der Waals surface area contributed by atoms with Crippen molar-refractivity contribution in [3.63, 3.8) is 0 Å². The molecule has 3 rings (SSSR count). The molecule has 29 heavy (non-hydrogen) atoms. The Kier molecular flexibility index (Phi) is 7.18. The second-order valence-electron chi connectivity index (χ2n) is 6.68. The van der Waals surface area contributed by atoms with Crippen LogP contribution in [0.5, 0.6) is 0 Å². The molecule has 1 fully saturated rings. The molecule has 0 radical (unpaired) electrons. The van der Waals surface area contributed by atoms with E-state index in [2.05, 4.69) is 20.4 Å². The third-order valence-corrected chi connectivity index (χ3v) is 4.68. The summed E-state index contributed by atoms with van der Waals surface area (Å²) in [7, 11) is 1.32. The first-order chi connectivity index (χ1) is 14.1. The van der Waals surface area contributed by atoms with Gasteiger partial charge in [0.2, 0.25) is 11.8 Å². The van der Waals surface area contributed by atoms with Crippen molar-refractivity contribution >= 4 is 23.3 Å². The molecule has 156 valence electrons. The molecular weight excluding hydrogens is 376 g/mol. The zero-order chi connectivity index (χ0) is 20.6. The minimum atomic E-state index is -0.492. The molecule has 1 saturated heterocycles. The molecule has 2 aromatic rings. The van der Waals surface area contributed by atoms with E-state index >= 15 is 0 Å². The quantitative estimate of drug-likeness (QED) is 0.670. The van der Waals surface area contributed by atoms with Crippen molar-refractivity contribution in [1.82, 2.24) is 10.1 Å². The summed E-state index contributed by atoms with van der Waals surface area (Å²) < 4.78 is 15.4. The van der Waals surface area contributed by atoms with Crippen LogP contribution in [0, 0.1) is 0 Å². The van der Waals surface area contributed by atoms with Crippen molar-refractivity contribution in [2.45, 2.75) is 32.6 Å². The Morgan fingerprint density at radius 1 is 1.28 bits per heavy atom. The van der Waals surface area contributed by atoms with E-state index in [1.54, 1.807) is 12.1 Å². The fourth-order valence-electron chi connectivity index (χ4n) is 3.09. The summed E-state index contributed by atoms with van der Waals surface area (Å²) in [5.74, 6) is 0.505. The number of hydrogen-bond donors (Lipinski definition) is 1. The lowest BCUT2D eigenvalue weighted by Gasteiger charge is -2.29. The highest BCUT2D eigenvalue weighted by molar-refractivity contribution is 6.02. The summed E-state index contributed by atoms with van der Waals surface area (Å²) in [4.78, 5) is 31.0. The second kappa shape index (κ2) is 10.0. The van der Waals surface area contributed by atoms with Gasteiger partial charge in [-0.05, 0) is 24.6 Å². The second-order valence-corrected chi connectivity index (χ2v) is 6.68. The summed E-state index contributed by atoms with van der Waals surface area (Å²) in [5, 5.41) is 6.65. The van der Waals surface area contributed by atoms with Gasteiger partial charge < -0.3 is 24.2 Å². The fourth-order valence-corrected chi connectivity index (χ4v) is 3.09. The third kappa shape index (κ3) is 5.54. The van der Waals surface area contributed by atoms with Gasteiger partial charge in [0.15, 0.2) is 5.82 Å². The predicted molar refractivity (Wildman–Crippen MR) is 106 cm³/mol. The zero-order valence-corrected chi connectivity index (χ0v) is 16.8. The van der Waals surface area contributed by atoms with Crippen molar-refractivity contribution in [3.8, 4) is 0 Å². The van der Waals surface area contributed by atoms with Gasteiger partial charge in [0, 0.05) is 38.0 Å². The number of rotatable bonds is 8. The molecule has 1 aliphatic rings. The summed E-state index contributed by atoms with van der Waals surface area (Å²) in [6.45, 7) is 4.74. The minimum Gasteiger partial charge on any atom is -0.465 e. The number of hydrogen-bond acceptors (Lipinski definition) is 8. The molecule has 0 saturated carbocycles. The number of esters is 1. The average Bonchev–Trinajstić information content (AvgIpc) is 3.22. The number of morpholine rings is 1. The van der Waals surface area contributed by atoms with E-state index in [-0.39, 0.29) is 12.3 Å². The Labute approximate surface area is 169 Å². The largest absolute Gasteiger partial charge is 0.465 e. The lowest BCUT2D eigenvalue weighted by atomic mass is 10.1. The molecule has 1 N–H and O–H groups in total. The molecule has 1 aliphatic heterocycles. The molecule has 9 nitrogen and oxygen atoms in total. The van der Waals surface area contributed by atoms with Crippen LogP contribution in [-0.2, 0) is 27.1 Å². The maximum atomic E-state index is 12.4. The van der Waals surface area contributed by atoms with E-state index < -0.39 is 5.97 Å². The van der Waals surface area contributed by atoms with Gasteiger partial charge in [-0.3, -0.25) is 4.79 Å². The highest BCUT2D eigenvalue weighted by Crippen LogP contribution is 2.25. The van der Waals surface area contributed by atoms with E-state index in [0.29, 0.717) is 55.4 Å². The molecule has 0 aliphatic carbocycles. The van der Waals surface area contributed by atoms with Gasteiger partial charge in [-0.1, -0.05) is 12.1 Å². The van der Waals surface area contributed by atoms with Gasteiger partial charge in [-0.15, -0.1) is 0 Å². The Balaban J connectivity index is 1.61. The Morgan fingerprint density at radius 2 is 2.07 bits per heavy atom. The molecule has 1 amide bonds. The van der Waals surface area contributed by atoms with Crippen molar-refractivity contribution in [2.75, 3.05) is 43.6 Å². The van der Waals surface area contributed by atoms with Gasteiger partial charge >= 0.3 is 5.97 Å². The Hall–Kier alpha value is -2.94. The van der Waals surface area contributed by atoms with E-state index in [1.807, 2.05) is 13.0 Å². The van der Waals surface area contributed by atoms with E-state index in [1.165, 1.54) is 7.11 Å². The summed E-state index contributed by atoms with van der Waals surface area (Å²) in [6, 6.07) is 5.37. The molecular formula is C20H26N4O5. The SMILES string of the molecule is CCc1noc(CCCC(=O)Nc2ccc(N3CCOCC3)cc2C(=O)OC)n1. The first kappa shape index (κ1) is 20.8. The first-order valence-corrected chi connectivity index (χ1v) is 9.77. The number of carbonyl (C=O) groups is 2. The molecule has 0 spiro atoms. The van der Waals surface area contributed by atoms with Crippen LogP contribution >= 0.6 is 0 Å². The van der Waals surface area contributed by atoms with Gasteiger partial charge in [0.1, 0.15) is 0 Å². The molecule has 0 unspecified atom stereocenters. The van der Waals surface area contributed by atoms with Crippen LogP contribution in [0.2, 0.25) is 0 Å². The van der Waals surface area contributed by atoms with Crippen LogP contribution < -0.4 is 10.2 Å². The number of aromatic nitrogens is 2. The molecule has 2 heterocycles. The molecule has 1 aromatic carbocycles. The predicted octanol–water partition coefficient (Wildman–Crippen LogP) is 2.22. The molecule has 1 aromatic heterocycles. The Morgan fingerprint density at radius 3 is 2.76 bits per heavy atom. The van der Waals surface area contributed by atoms with Crippen LogP contribution in [0.4, 0.5) is 11.4 Å². The number of benzene rings is 1. The lowest BCUT2D eigenvalue weighted by Crippen LogP contribution is -2.36. The van der Waals surface area contributed by atoms with Crippen LogP contribution in [0.1, 0.15) is 41.8 Å². The molecule has 9 heteroatoms. The minimum absolute atomic E-state index is 0.190. The zero-order valence-electron chi connectivity index (χ0n) is 16.8. The number of amides is 1. The van der Waals surface area contributed by atoms with Crippen molar-refractivity contribution in [1.29, 1.82) is 0 Å². The van der Waals surface area contributed by atoms with Crippen molar-refractivity contribution < 1.29 is 23.6 Å². The van der Waals surface area contributed by atoms with Crippen LogP contribution in [0.25, 0.3) is 0 Å². The highest BCUT2D eigenvalue weighted by Gasteiger charge is 2.18. The number of anilines is 2. The van der Waals surface area contributed by atoms with E-state index in [9.17, 15) is 9.59 Å². The highest BCUT2D eigenvalue weighted by atomic mass is 16.5. The van der Waals surface area contributed by atoms with Gasteiger partial charge in [-0.2, -0.15) is 4.98 Å². The summed E-state index contributed by atoms with van der Waals surface area (Å²) in [5.41, 5.74) is 1.66. The standard InChI is InChI=1S/C20H26N4O5/c1-3-17-22-19(29-23-17)6-4-5-18(25)21-16-8-7-14(13-15(16)20(26)27-2)24-9-11-28-12-10-24/h7-8,13H,3-6,9-12H2,1-2H3,(H,21,25). The van der Waals surface area contributed by atoms with Gasteiger partial charge in [0.25, 0.3) is 0 Å². The lowest BCUT2D eigenvalue weighted by molar-refractivity contribution is -0.116. The molecule has 0 atom stereocenters. The maximum absolute atomic E-state index is 12.4. The van der Waals surface area contributed by atoms with Gasteiger partial charge in [-0.25, -0.2) is 4.79 Å². The van der Waals surface area contributed by atoms with Crippen LogP contribution in [0.15, 0.2) is 22.7 Å². The number of carbonyl (C=O) groups excluding carboxylic acids is 2. The summed E-state index contributed by atoms with van der Waals surface area (Å²) >= 11 is 0. The number of aryl methyl sites for hydroxylation is 2. The number of ether oxygens (including phenoxy) is 2. The van der Waals surface area contributed by atoms with Crippen LogP contribution in [0.3, 0.4) is 0 Å². The van der Waals surface area contributed by atoms with Crippen molar-refractivity contribution in [2.24, 2.45) is 0 Å². The Bertz CT molecular complexity index is 845. The normalized spacial score (nSPS) is 13.9.